The van der Waals surface area contributed by atoms with Crippen LogP contribution in [0.2, 0.25) is 0 Å². The number of ether oxygens (including phenoxy) is 1. The number of aromatic nitrogens is 1. The summed E-state index contributed by atoms with van der Waals surface area (Å²) < 4.78 is 5.13. The number of carbonyl (C=O) groups is 1. The van der Waals surface area contributed by atoms with E-state index in [1.807, 2.05) is 6.07 Å². The zero-order valence-corrected chi connectivity index (χ0v) is 10.1. The van der Waals surface area contributed by atoms with Crippen molar-refractivity contribution in [3.05, 3.63) is 23.4 Å². The number of methoxy groups -OCH3 is 1. The van der Waals surface area contributed by atoms with Crippen LogP contribution in [0.15, 0.2) is 12.1 Å². The minimum absolute atomic E-state index is 0.348. The molecule has 1 aliphatic carbocycles. The summed E-state index contributed by atoms with van der Waals surface area (Å²) in [5, 5.41) is 0. The van der Waals surface area contributed by atoms with Crippen molar-refractivity contribution in [2.75, 3.05) is 7.11 Å². The molecule has 0 spiro atoms. The molecule has 1 aromatic heterocycles. The van der Waals surface area contributed by atoms with Gasteiger partial charge < -0.3 is 10.5 Å². The minimum Gasteiger partial charge on any atom is -0.480 e. The summed E-state index contributed by atoms with van der Waals surface area (Å²) >= 11 is 0. The van der Waals surface area contributed by atoms with Crippen LogP contribution in [0.4, 0.5) is 0 Å². The molecule has 2 rings (SSSR count). The topological polar surface area (TPSA) is 65.2 Å². The van der Waals surface area contributed by atoms with Gasteiger partial charge in [-0.25, -0.2) is 4.98 Å². The summed E-state index contributed by atoms with van der Waals surface area (Å²) in [6.07, 6.45) is 6.17. The monoisotopic (exact) mass is 234 g/mol. The van der Waals surface area contributed by atoms with Crippen molar-refractivity contribution in [2.24, 2.45) is 5.73 Å². The molecule has 1 fully saturated rings. The van der Waals surface area contributed by atoms with E-state index in [2.05, 4.69) is 4.98 Å². The average Bonchev–Trinajstić information content (AvgIpc) is 2.39. The molecule has 4 heteroatoms. The molecule has 4 nitrogen and oxygen atoms in total. The van der Waals surface area contributed by atoms with Crippen molar-refractivity contribution in [1.29, 1.82) is 0 Å². The van der Waals surface area contributed by atoms with E-state index in [1.165, 1.54) is 39.2 Å². The fourth-order valence-corrected chi connectivity index (χ4v) is 2.42. The fourth-order valence-electron chi connectivity index (χ4n) is 2.42. The Hall–Kier alpha value is -1.58. The first-order valence-electron chi connectivity index (χ1n) is 6.07. The highest BCUT2D eigenvalue weighted by molar-refractivity contribution is 5.95. The number of amides is 1. The van der Waals surface area contributed by atoms with E-state index in [0.717, 1.165) is 5.69 Å². The van der Waals surface area contributed by atoms with Crippen molar-refractivity contribution in [1.82, 2.24) is 4.98 Å². The van der Waals surface area contributed by atoms with Crippen LogP contribution in [-0.2, 0) is 0 Å². The number of rotatable bonds is 3. The predicted octanol–water partition coefficient (Wildman–Crippen LogP) is 2.24. The fraction of sp³-hybridized carbons (Fsp3) is 0.538. The van der Waals surface area contributed by atoms with E-state index >= 15 is 0 Å². The number of nitrogens with zero attached hydrogens (tertiary/aromatic N) is 1. The van der Waals surface area contributed by atoms with Crippen molar-refractivity contribution >= 4 is 5.91 Å². The van der Waals surface area contributed by atoms with Gasteiger partial charge in [0.15, 0.2) is 0 Å². The van der Waals surface area contributed by atoms with Crippen LogP contribution < -0.4 is 10.5 Å². The molecular weight excluding hydrogens is 216 g/mol. The molecule has 0 saturated heterocycles. The van der Waals surface area contributed by atoms with Gasteiger partial charge in [-0.3, -0.25) is 4.79 Å². The van der Waals surface area contributed by atoms with Crippen LogP contribution >= 0.6 is 0 Å². The van der Waals surface area contributed by atoms with Gasteiger partial charge in [-0.2, -0.15) is 0 Å². The van der Waals surface area contributed by atoms with E-state index in [4.69, 9.17) is 10.5 Å². The molecule has 1 amide bonds. The first kappa shape index (κ1) is 11.9. The van der Waals surface area contributed by atoms with Gasteiger partial charge in [-0.15, -0.1) is 0 Å². The van der Waals surface area contributed by atoms with Crippen LogP contribution in [0.1, 0.15) is 54.1 Å². The highest BCUT2D eigenvalue weighted by atomic mass is 16.5. The van der Waals surface area contributed by atoms with E-state index < -0.39 is 5.91 Å². The Labute approximate surface area is 101 Å². The molecule has 1 aromatic rings. The lowest BCUT2D eigenvalue weighted by Gasteiger charge is -2.21. The third kappa shape index (κ3) is 2.57. The molecule has 92 valence electrons. The van der Waals surface area contributed by atoms with Crippen molar-refractivity contribution < 1.29 is 9.53 Å². The van der Waals surface area contributed by atoms with Gasteiger partial charge in [-0.1, -0.05) is 19.3 Å². The van der Waals surface area contributed by atoms with Gasteiger partial charge in [0.25, 0.3) is 5.91 Å². The second kappa shape index (κ2) is 5.17. The lowest BCUT2D eigenvalue weighted by molar-refractivity contribution is 0.0996. The summed E-state index contributed by atoms with van der Waals surface area (Å²) in [5.74, 6) is 0.352. The third-order valence-corrected chi connectivity index (χ3v) is 3.36. The summed E-state index contributed by atoms with van der Waals surface area (Å²) in [6, 6.07) is 3.62. The summed E-state index contributed by atoms with van der Waals surface area (Å²) in [6.45, 7) is 0. The molecule has 0 radical (unpaired) electrons. The Balaban J connectivity index is 2.27. The largest absolute Gasteiger partial charge is 0.480 e. The first-order valence-corrected chi connectivity index (χ1v) is 6.07. The highest BCUT2D eigenvalue weighted by Gasteiger charge is 2.19. The molecule has 0 aromatic carbocycles. The minimum atomic E-state index is -0.496. The van der Waals surface area contributed by atoms with Gasteiger partial charge in [0.2, 0.25) is 5.88 Å². The maximum atomic E-state index is 11.2. The molecule has 0 unspecified atom stereocenters. The molecule has 2 N–H and O–H groups in total. The van der Waals surface area contributed by atoms with Crippen LogP contribution in [0.5, 0.6) is 5.88 Å². The van der Waals surface area contributed by atoms with E-state index in [9.17, 15) is 4.79 Å². The summed E-state index contributed by atoms with van der Waals surface area (Å²) in [5.41, 5.74) is 6.63. The van der Waals surface area contributed by atoms with Crippen LogP contribution in [-0.4, -0.2) is 18.0 Å². The van der Waals surface area contributed by atoms with Crippen LogP contribution in [0.3, 0.4) is 0 Å². The highest BCUT2D eigenvalue weighted by Crippen LogP contribution is 2.32. The standard InChI is InChI=1S/C13H18N2O2/c1-17-13-10(12(14)16)7-8-11(15-13)9-5-3-2-4-6-9/h7-9H,2-6H2,1H3,(H2,14,16). The Morgan fingerprint density at radius 2 is 2.06 bits per heavy atom. The lowest BCUT2D eigenvalue weighted by atomic mass is 9.86. The molecule has 0 aliphatic heterocycles. The molecule has 0 bridgehead atoms. The van der Waals surface area contributed by atoms with Gasteiger partial charge in [0, 0.05) is 11.6 Å². The maximum absolute atomic E-state index is 11.2. The van der Waals surface area contributed by atoms with E-state index in [0.29, 0.717) is 17.4 Å². The Bertz CT molecular complexity index is 412. The number of primary amides is 1. The zero-order valence-electron chi connectivity index (χ0n) is 10.1. The predicted molar refractivity (Wildman–Crippen MR) is 65.1 cm³/mol. The third-order valence-electron chi connectivity index (χ3n) is 3.36. The SMILES string of the molecule is COc1nc(C2CCCCC2)ccc1C(N)=O. The Morgan fingerprint density at radius 3 is 2.65 bits per heavy atom. The first-order chi connectivity index (χ1) is 8.22. The number of pyridine rings is 1. The molecule has 0 atom stereocenters. The molecule has 1 aliphatic rings. The lowest BCUT2D eigenvalue weighted by Crippen LogP contribution is -2.15. The number of carbonyl (C=O) groups excluding carboxylic acids is 1. The quantitative estimate of drug-likeness (QED) is 0.872. The normalized spacial score (nSPS) is 16.8. The second-order valence-electron chi connectivity index (χ2n) is 4.49. The van der Waals surface area contributed by atoms with Gasteiger partial charge in [-0.05, 0) is 25.0 Å². The van der Waals surface area contributed by atoms with Crippen molar-refractivity contribution in [3.63, 3.8) is 0 Å². The van der Waals surface area contributed by atoms with Crippen molar-refractivity contribution in [3.8, 4) is 5.88 Å². The molecule has 17 heavy (non-hydrogen) atoms. The Kier molecular flexibility index (Phi) is 3.61. The maximum Gasteiger partial charge on any atom is 0.254 e. The number of hydrogen-bond acceptors (Lipinski definition) is 3. The molecular formula is C13H18N2O2. The summed E-state index contributed by atoms with van der Waals surface area (Å²) in [7, 11) is 1.51. The van der Waals surface area contributed by atoms with Crippen molar-refractivity contribution in [2.45, 2.75) is 38.0 Å². The van der Waals surface area contributed by atoms with Gasteiger partial charge in [0.05, 0.1) is 7.11 Å². The van der Waals surface area contributed by atoms with E-state index in [1.54, 1.807) is 6.07 Å². The van der Waals surface area contributed by atoms with Gasteiger partial charge >= 0.3 is 0 Å². The van der Waals surface area contributed by atoms with Crippen LogP contribution in [0.25, 0.3) is 0 Å². The zero-order chi connectivity index (χ0) is 12.3. The molecule has 1 heterocycles. The van der Waals surface area contributed by atoms with E-state index in [-0.39, 0.29) is 0 Å². The van der Waals surface area contributed by atoms with Crippen LogP contribution in [0, 0.1) is 0 Å². The number of hydrogen-bond donors (Lipinski definition) is 1. The average molecular weight is 234 g/mol. The smallest absolute Gasteiger partial charge is 0.254 e. The molecule has 1 saturated carbocycles. The van der Waals surface area contributed by atoms with Gasteiger partial charge in [0.1, 0.15) is 5.56 Å². The Morgan fingerprint density at radius 1 is 1.35 bits per heavy atom. The second-order valence-corrected chi connectivity index (χ2v) is 4.49. The number of nitrogens with two attached hydrogens (primary N) is 1. The summed E-state index contributed by atoms with van der Waals surface area (Å²) in [4.78, 5) is 15.6.